The Morgan fingerprint density at radius 3 is 1.51 bits per heavy atom. The largest absolute Gasteiger partial charge is 0.310 e. The Morgan fingerprint density at radius 2 is 0.851 bits per heavy atom. The van der Waals surface area contributed by atoms with Crippen molar-refractivity contribution < 1.29 is 0 Å². The molecule has 2 aliphatic rings. The Balaban J connectivity index is 1.16. The first-order valence-corrected chi connectivity index (χ1v) is 24.0. The van der Waals surface area contributed by atoms with Crippen molar-refractivity contribution in [1.29, 1.82) is 0 Å². The minimum Gasteiger partial charge on any atom is -0.310 e. The first kappa shape index (κ1) is 42.4. The molecule has 1 nitrogen and oxygen atoms in total. The lowest BCUT2D eigenvalue weighted by Crippen LogP contribution is -2.29. The second-order valence-electron chi connectivity index (χ2n) is 21.4. The summed E-state index contributed by atoms with van der Waals surface area (Å²) in [6, 6.07) is 80.1. The standard InChI is InChI=1S/C66H59N/c1-63(2,3)49-33-37-56-60(41-49)66(47-24-14-10-15-25-47,48-26-16-11-17-27-48)61-42-50(64(4,5)6)40-57(62(56)61)46-23-20-28-52(39-46)67(51-34-31-45(32-35-51)44-21-12-9-13-22-44)53-36-38-55-54-29-18-19-30-58(54)65(7,8)59(55)43-53/h9-43H,1-8H3. The van der Waals surface area contributed by atoms with Crippen LogP contribution in [0, 0.1) is 0 Å². The molecule has 9 aromatic rings. The van der Waals surface area contributed by atoms with Crippen molar-refractivity contribution in [3.05, 3.63) is 257 Å². The molecule has 0 saturated carbocycles. The molecule has 0 atom stereocenters. The molecule has 2 aliphatic carbocycles. The molecule has 9 aromatic carbocycles. The molecule has 0 aromatic heterocycles. The van der Waals surface area contributed by atoms with Gasteiger partial charge in [0.15, 0.2) is 0 Å². The number of hydrogen-bond acceptors (Lipinski definition) is 1. The van der Waals surface area contributed by atoms with Gasteiger partial charge in [0.25, 0.3) is 0 Å². The molecule has 0 heterocycles. The van der Waals surface area contributed by atoms with Crippen LogP contribution in [0.5, 0.6) is 0 Å². The van der Waals surface area contributed by atoms with Gasteiger partial charge in [-0.3, -0.25) is 0 Å². The van der Waals surface area contributed by atoms with E-state index in [1.165, 1.54) is 89.0 Å². The second kappa shape index (κ2) is 15.7. The average molecular weight is 866 g/mol. The van der Waals surface area contributed by atoms with E-state index in [9.17, 15) is 0 Å². The highest BCUT2D eigenvalue weighted by molar-refractivity contribution is 5.97. The third-order valence-corrected chi connectivity index (χ3v) is 14.9. The normalized spacial score (nSPS) is 14.2. The monoisotopic (exact) mass is 865 g/mol. The first-order chi connectivity index (χ1) is 32.2. The Hall–Kier alpha value is -7.22. The molecule has 0 fully saturated rings. The van der Waals surface area contributed by atoms with Crippen molar-refractivity contribution in [1.82, 2.24) is 0 Å². The number of fused-ring (bicyclic) bond motifs is 6. The van der Waals surface area contributed by atoms with Crippen LogP contribution in [0.25, 0.3) is 44.5 Å². The van der Waals surface area contributed by atoms with E-state index in [-0.39, 0.29) is 16.2 Å². The van der Waals surface area contributed by atoms with Crippen molar-refractivity contribution in [3.63, 3.8) is 0 Å². The molecular formula is C66H59N. The zero-order valence-electron chi connectivity index (χ0n) is 40.2. The minimum atomic E-state index is -0.538. The summed E-state index contributed by atoms with van der Waals surface area (Å²) in [6.07, 6.45) is 0. The molecule has 1 heteroatoms. The predicted molar refractivity (Wildman–Crippen MR) is 284 cm³/mol. The third-order valence-electron chi connectivity index (χ3n) is 14.9. The number of benzene rings is 9. The molecule has 0 aliphatic heterocycles. The molecule has 11 rings (SSSR count). The van der Waals surface area contributed by atoms with Crippen LogP contribution in [0.3, 0.4) is 0 Å². The minimum absolute atomic E-state index is 0.0328. The van der Waals surface area contributed by atoms with Gasteiger partial charge in [0, 0.05) is 22.5 Å². The lowest BCUT2D eigenvalue weighted by atomic mass is 9.66. The zero-order valence-corrected chi connectivity index (χ0v) is 40.2. The summed E-state index contributed by atoms with van der Waals surface area (Å²) in [4.78, 5) is 2.47. The van der Waals surface area contributed by atoms with E-state index in [1.807, 2.05) is 0 Å². The summed E-state index contributed by atoms with van der Waals surface area (Å²) in [7, 11) is 0. The third kappa shape index (κ3) is 6.90. The van der Waals surface area contributed by atoms with Crippen molar-refractivity contribution in [2.75, 3.05) is 4.90 Å². The van der Waals surface area contributed by atoms with Crippen molar-refractivity contribution in [2.45, 2.75) is 77.0 Å². The van der Waals surface area contributed by atoms with Crippen LogP contribution >= 0.6 is 0 Å². The summed E-state index contributed by atoms with van der Waals surface area (Å²) in [6.45, 7) is 18.8. The van der Waals surface area contributed by atoms with E-state index in [0.717, 1.165) is 17.1 Å². The van der Waals surface area contributed by atoms with Gasteiger partial charge in [0.05, 0.1) is 5.41 Å². The Kier molecular flexibility index (Phi) is 9.94. The highest BCUT2D eigenvalue weighted by Gasteiger charge is 2.48. The molecule has 0 radical (unpaired) electrons. The maximum Gasteiger partial charge on any atom is 0.0713 e. The average Bonchev–Trinajstić information content (AvgIpc) is 3.77. The lowest BCUT2D eigenvalue weighted by Gasteiger charge is -2.35. The van der Waals surface area contributed by atoms with Gasteiger partial charge in [-0.25, -0.2) is 0 Å². The fraction of sp³-hybridized carbons (Fsp3) is 0.182. The van der Waals surface area contributed by atoms with Crippen molar-refractivity contribution in [2.24, 2.45) is 0 Å². The van der Waals surface area contributed by atoms with Crippen LogP contribution < -0.4 is 4.90 Å². The van der Waals surface area contributed by atoms with Crippen molar-refractivity contribution >= 4 is 17.1 Å². The van der Waals surface area contributed by atoms with E-state index in [4.69, 9.17) is 0 Å². The SMILES string of the molecule is CC(C)(C)c1ccc2c(c1)C(c1ccccc1)(c1ccccc1)c1cc(C(C)(C)C)cc(-c3cccc(N(c4ccc(-c5ccccc5)cc4)c4ccc5c(c4)C(C)(C)c4ccccc4-5)c3)c1-2. The lowest BCUT2D eigenvalue weighted by molar-refractivity contribution is 0.586. The maximum atomic E-state index is 2.55. The van der Waals surface area contributed by atoms with Crippen LogP contribution in [-0.4, -0.2) is 0 Å². The van der Waals surface area contributed by atoms with Gasteiger partial charge < -0.3 is 4.90 Å². The number of rotatable bonds is 7. The molecule has 0 unspecified atom stereocenters. The Bertz CT molecular complexity index is 3270. The summed E-state index contributed by atoms with van der Waals surface area (Å²) < 4.78 is 0. The number of nitrogens with zero attached hydrogens (tertiary/aromatic N) is 1. The second-order valence-corrected chi connectivity index (χ2v) is 21.4. The molecule has 328 valence electrons. The van der Waals surface area contributed by atoms with Crippen LogP contribution in [0.15, 0.2) is 212 Å². The van der Waals surface area contributed by atoms with E-state index in [2.05, 4.69) is 273 Å². The molecule has 67 heavy (non-hydrogen) atoms. The van der Waals surface area contributed by atoms with Crippen LogP contribution in [0.1, 0.15) is 99.9 Å². The summed E-state index contributed by atoms with van der Waals surface area (Å²) in [5.41, 5.74) is 23.3. The van der Waals surface area contributed by atoms with Gasteiger partial charge in [0.1, 0.15) is 0 Å². The number of hydrogen-bond donors (Lipinski definition) is 0. The summed E-state index contributed by atoms with van der Waals surface area (Å²) in [5, 5.41) is 0. The van der Waals surface area contributed by atoms with E-state index >= 15 is 0 Å². The summed E-state index contributed by atoms with van der Waals surface area (Å²) >= 11 is 0. The molecule has 0 N–H and O–H groups in total. The highest BCUT2D eigenvalue weighted by Crippen LogP contribution is 2.60. The molecule has 0 saturated heterocycles. The van der Waals surface area contributed by atoms with Crippen LogP contribution in [0.4, 0.5) is 17.1 Å². The molecule has 0 bridgehead atoms. The quantitative estimate of drug-likeness (QED) is 0.154. The van der Waals surface area contributed by atoms with Gasteiger partial charge >= 0.3 is 0 Å². The fourth-order valence-corrected chi connectivity index (χ4v) is 11.3. The topological polar surface area (TPSA) is 3.24 Å². The van der Waals surface area contributed by atoms with Crippen molar-refractivity contribution in [3.8, 4) is 44.5 Å². The fourth-order valence-electron chi connectivity index (χ4n) is 11.3. The van der Waals surface area contributed by atoms with Crippen LogP contribution in [0.2, 0.25) is 0 Å². The van der Waals surface area contributed by atoms with Gasteiger partial charge in [-0.2, -0.15) is 0 Å². The predicted octanol–water partition coefficient (Wildman–Crippen LogP) is 17.8. The maximum absolute atomic E-state index is 2.55. The Morgan fingerprint density at radius 1 is 0.328 bits per heavy atom. The van der Waals surface area contributed by atoms with E-state index in [0.29, 0.717) is 0 Å². The first-order valence-electron chi connectivity index (χ1n) is 24.0. The zero-order chi connectivity index (χ0) is 46.3. The molecular weight excluding hydrogens is 807 g/mol. The molecule has 0 amide bonds. The summed E-state index contributed by atoms with van der Waals surface area (Å²) in [5.74, 6) is 0. The van der Waals surface area contributed by atoms with Crippen LogP contribution in [-0.2, 0) is 21.7 Å². The van der Waals surface area contributed by atoms with E-state index in [1.54, 1.807) is 0 Å². The smallest absolute Gasteiger partial charge is 0.0713 e. The van der Waals surface area contributed by atoms with Gasteiger partial charge in [-0.05, 0) is 142 Å². The molecule has 0 spiro atoms. The van der Waals surface area contributed by atoms with Gasteiger partial charge in [-0.1, -0.05) is 225 Å². The number of anilines is 3. The van der Waals surface area contributed by atoms with Gasteiger partial charge in [-0.15, -0.1) is 0 Å². The van der Waals surface area contributed by atoms with E-state index < -0.39 is 5.41 Å². The van der Waals surface area contributed by atoms with Gasteiger partial charge in [0.2, 0.25) is 0 Å². The highest BCUT2D eigenvalue weighted by atomic mass is 15.1. The Labute approximate surface area is 398 Å².